The first kappa shape index (κ1) is 21.4. The first-order chi connectivity index (χ1) is 14.2. The van der Waals surface area contributed by atoms with Gasteiger partial charge in [0.2, 0.25) is 5.43 Å². The predicted molar refractivity (Wildman–Crippen MR) is 108 cm³/mol. The predicted octanol–water partition coefficient (Wildman–Crippen LogP) is 4.07. The van der Waals surface area contributed by atoms with E-state index in [1.54, 1.807) is 43.3 Å². The third-order valence-corrected chi connectivity index (χ3v) is 4.55. The number of benzene rings is 2. The van der Waals surface area contributed by atoms with Gasteiger partial charge in [0, 0.05) is 30.4 Å². The molecule has 0 fully saturated rings. The van der Waals surface area contributed by atoms with Crippen LogP contribution in [-0.2, 0) is 6.54 Å². The van der Waals surface area contributed by atoms with Crippen LogP contribution in [0.1, 0.15) is 21.7 Å². The molecule has 0 unspecified atom stereocenters. The molecule has 0 spiro atoms. The Hall–Kier alpha value is -3.26. The number of nitrogens with zero attached hydrogens (tertiary/aromatic N) is 3. The highest BCUT2D eigenvalue weighted by atomic mass is 35.5. The number of ether oxygens (including phenoxy) is 1. The van der Waals surface area contributed by atoms with E-state index in [1.807, 2.05) is 0 Å². The molecule has 0 atom stereocenters. The van der Waals surface area contributed by atoms with Gasteiger partial charge in [-0.1, -0.05) is 23.7 Å². The summed E-state index contributed by atoms with van der Waals surface area (Å²) in [7, 11) is 1.53. The summed E-state index contributed by atoms with van der Waals surface area (Å²) >= 11 is 5.91. The van der Waals surface area contributed by atoms with Crippen molar-refractivity contribution in [1.29, 1.82) is 0 Å². The third kappa shape index (κ3) is 5.01. The van der Waals surface area contributed by atoms with Crippen LogP contribution in [0.5, 0.6) is 5.75 Å². The average Bonchev–Trinajstić information content (AvgIpc) is 2.69. The average molecular weight is 434 g/mol. The van der Waals surface area contributed by atoms with Crippen LogP contribution in [0.2, 0.25) is 5.02 Å². The molecule has 0 radical (unpaired) electrons. The van der Waals surface area contributed by atoms with E-state index in [0.29, 0.717) is 22.0 Å². The number of rotatable bonds is 6. The van der Waals surface area contributed by atoms with Gasteiger partial charge in [-0.15, -0.1) is 0 Å². The summed E-state index contributed by atoms with van der Waals surface area (Å²) in [6.45, 7) is -1.04. The summed E-state index contributed by atoms with van der Waals surface area (Å²) in [5.41, 5.74) is 1.18. The summed E-state index contributed by atoms with van der Waals surface area (Å²) in [4.78, 5) is 26.6. The topological polar surface area (TPSA) is 64.4 Å². The number of carbonyl (C=O) groups excluding carboxylic acids is 1. The fraction of sp³-hybridized carbons (Fsp3) is 0.190. The van der Waals surface area contributed by atoms with Gasteiger partial charge in [-0.3, -0.25) is 9.59 Å². The summed E-state index contributed by atoms with van der Waals surface area (Å²) in [5, 5.41) is 4.80. The van der Waals surface area contributed by atoms with Crippen molar-refractivity contribution in [3.63, 3.8) is 0 Å². The third-order valence-electron chi connectivity index (χ3n) is 4.30. The van der Waals surface area contributed by atoms with Crippen molar-refractivity contribution in [1.82, 2.24) is 14.7 Å². The van der Waals surface area contributed by atoms with E-state index in [-0.39, 0.29) is 18.0 Å². The minimum Gasteiger partial charge on any atom is -0.435 e. The van der Waals surface area contributed by atoms with Crippen LogP contribution < -0.4 is 10.2 Å². The molecule has 1 heterocycles. The first-order valence-corrected chi connectivity index (χ1v) is 9.28. The van der Waals surface area contributed by atoms with Crippen molar-refractivity contribution in [3.05, 3.63) is 86.8 Å². The second-order valence-corrected chi connectivity index (χ2v) is 7.01. The van der Waals surface area contributed by atoms with Crippen LogP contribution in [-0.4, -0.2) is 34.2 Å². The van der Waals surface area contributed by atoms with Gasteiger partial charge < -0.3 is 9.64 Å². The standard InChI is InChI=1S/C21H18ClF2N3O3/c1-13-11-18(28)19(25-27(13)16-7-5-15(22)6-8-16)20(29)26(2)12-14-3-9-17(10-4-14)30-21(23)24/h3-11,21H,12H2,1-2H3. The molecule has 3 aromatic rings. The molecule has 0 aliphatic rings. The molecule has 3 rings (SSSR count). The van der Waals surface area contributed by atoms with Crippen LogP contribution in [0.4, 0.5) is 8.78 Å². The van der Waals surface area contributed by atoms with Gasteiger partial charge in [-0.25, -0.2) is 4.68 Å². The van der Waals surface area contributed by atoms with Crippen molar-refractivity contribution in [2.24, 2.45) is 0 Å². The minimum atomic E-state index is -2.91. The van der Waals surface area contributed by atoms with Gasteiger partial charge in [0.15, 0.2) is 5.69 Å². The first-order valence-electron chi connectivity index (χ1n) is 8.90. The van der Waals surface area contributed by atoms with Crippen LogP contribution in [0.3, 0.4) is 0 Å². The van der Waals surface area contributed by atoms with Gasteiger partial charge in [0.1, 0.15) is 5.75 Å². The summed E-state index contributed by atoms with van der Waals surface area (Å²) in [6, 6.07) is 14.1. The number of amides is 1. The zero-order valence-electron chi connectivity index (χ0n) is 16.2. The molecule has 1 aromatic heterocycles. The molecule has 1 amide bonds. The van der Waals surface area contributed by atoms with E-state index in [0.717, 1.165) is 0 Å². The molecule has 6 nitrogen and oxygen atoms in total. The van der Waals surface area contributed by atoms with Crippen molar-refractivity contribution >= 4 is 17.5 Å². The normalized spacial score (nSPS) is 10.9. The molecule has 30 heavy (non-hydrogen) atoms. The van der Waals surface area contributed by atoms with E-state index in [2.05, 4.69) is 9.84 Å². The Morgan fingerprint density at radius 3 is 2.40 bits per heavy atom. The maximum atomic E-state index is 12.8. The second-order valence-electron chi connectivity index (χ2n) is 6.57. The highest BCUT2D eigenvalue weighted by molar-refractivity contribution is 6.30. The molecular weight excluding hydrogens is 416 g/mol. The number of aryl methyl sites for hydroxylation is 1. The Balaban J connectivity index is 1.82. The Bertz CT molecular complexity index is 1100. The molecule has 0 bridgehead atoms. The smallest absolute Gasteiger partial charge is 0.387 e. The number of alkyl halides is 2. The molecule has 0 aliphatic heterocycles. The quantitative estimate of drug-likeness (QED) is 0.588. The van der Waals surface area contributed by atoms with E-state index in [9.17, 15) is 18.4 Å². The van der Waals surface area contributed by atoms with Crippen LogP contribution in [0, 0.1) is 6.92 Å². The number of hydrogen-bond acceptors (Lipinski definition) is 4. The van der Waals surface area contributed by atoms with Gasteiger partial charge in [0.25, 0.3) is 5.91 Å². The molecule has 0 saturated carbocycles. The largest absolute Gasteiger partial charge is 0.435 e. The van der Waals surface area contributed by atoms with Crippen molar-refractivity contribution < 1.29 is 18.3 Å². The molecule has 0 N–H and O–H groups in total. The van der Waals surface area contributed by atoms with Gasteiger partial charge in [0.05, 0.1) is 5.69 Å². The summed E-state index contributed by atoms with van der Waals surface area (Å²) < 4.78 is 30.3. The molecular formula is C21H18ClF2N3O3. The van der Waals surface area contributed by atoms with Gasteiger partial charge >= 0.3 is 6.61 Å². The Kier molecular flexibility index (Phi) is 6.47. The fourth-order valence-corrected chi connectivity index (χ4v) is 2.97. The van der Waals surface area contributed by atoms with Crippen LogP contribution >= 0.6 is 11.6 Å². The number of hydrogen-bond donors (Lipinski definition) is 0. The number of carbonyl (C=O) groups is 1. The number of aromatic nitrogens is 2. The highest BCUT2D eigenvalue weighted by Gasteiger charge is 2.19. The Labute approximate surface area is 176 Å². The Morgan fingerprint density at radius 1 is 1.17 bits per heavy atom. The van der Waals surface area contributed by atoms with E-state index < -0.39 is 17.9 Å². The van der Waals surface area contributed by atoms with Crippen molar-refractivity contribution in [3.8, 4) is 11.4 Å². The molecule has 0 saturated heterocycles. The molecule has 0 aliphatic carbocycles. The second kappa shape index (κ2) is 9.04. The maximum absolute atomic E-state index is 12.8. The lowest BCUT2D eigenvalue weighted by molar-refractivity contribution is -0.0498. The molecule has 2 aromatic carbocycles. The monoisotopic (exact) mass is 433 g/mol. The zero-order valence-corrected chi connectivity index (χ0v) is 16.9. The SMILES string of the molecule is Cc1cc(=O)c(C(=O)N(C)Cc2ccc(OC(F)F)cc2)nn1-c1ccc(Cl)cc1. The maximum Gasteiger partial charge on any atom is 0.387 e. The highest BCUT2D eigenvalue weighted by Crippen LogP contribution is 2.17. The van der Waals surface area contributed by atoms with Gasteiger partial charge in [-0.05, 0) is 48.9 Å². The zero-order chi connectivity index (χ0) is 21.8. The summed E-state index contributed by atoms with van der Waals surface area (Å²) in [6.07, 6.45) is 0. The van der Waals surface area contributed by atoms with Crippen LogP contribution in [0.15, 0.2) is 59.4 Å². The van der Waals surface area contributed by atoms with Crippen LogP contribution in [0.25, 0.3) is 5.69 Å². The van der Waals surface area contributed by atoms with Crippen molar-refractivity contribution in [2.75, 3.05) is 7.05 Å². The van der Waals surface area contributed by atoms with Gasteiger partial charge in [-0.2, -0.15) is 13.9 Å². The lowest BCUT2D eigenvalue weighted by Crippen LogP contribution is -2.33. The molecule has 156 valence electrons. The number of halogens is 3. The lowest BCUT2D eigenvalue weighted by Gasteiger charge is -2.18. The molecule has 9 heteroatoms. The minimum absolute atomic E-state index is 0.0220. The van der Waals surface area contributed by atoms with E-state index in [1.165, 1.54) is 34.8 Å². The summed E-state index contributed by atoms with van der Waals surface area (Å²) in [5.74, 6) is -0.538. The fourth-order valence-electron chi connectivity index (χ4n) is 2.84. The van der Waals surface area contributed by atoms with Crippen molar-refractivity contribution in [2.45, 2.75) is 20.1 Å². The van der Waals surface area contributed by atoms with E-state index >= 15 is 0 Å². The van der Waals surface area contributed by atoms with E-state index in [4.69, 9.17) is 11.6 Å². The Morgan fingerprint density at radius 2 is 1.80 bits per heavy atom. The lowest BCUT2D eigenvalue weighted by atomic mass is 10.2.